The van der Waals surface area contributed by atoms with Crippen LogP contribution in [0.4, 0.5) is 0 Å². The highest BCUT2D eigenvalue weighted by atomic mass is 79.9. The van der Waals surface area contributed by atoms with Gasteiger partial charge < -0.3 is 14.5 Å². The van der Waals surface area contributed by atoms with Gasteiger partial charge in [0, 0.05) is 6.04 Å². The van der Waals surface area contributed by atoms with Crippen LogP contribution in [0, 0.1) is 0 Å². The molecule has 0 radical (unpaired) electrons. The second-order valence-electron chi connectivity index (χ2n) is 4.09. The molecule has 0 fully saturated rings. The van der Waals surface area contributed by atoms with Crippen molar-refractivity contribution in [2.24, 2.45) is 0 Å². The predicted molar refractivity (Wildman–Crippen MR) is 74.7 cm³/mol. The Balaban J connectivity index is 1.96. The number of rotatable bonds is 5. The molecule has 1 N–H and O–H groups in total. The number of furan rings is 1. The van der Waals surface area contributed by atoms with Crippen molar-refractivity contribution >= 4 is 15.9 Å². The van der Waals surface area contributed by atoms with Gasteiger partial charge in [-0.25, -0.2) is 0 Å². The largest absolute Gasteiger partial charge is 0.497 e. The minimum Gasteiger partial charge on any atom is -0.497 e. The number of nitrogens with one attached hydrogen (secondary N) is 1. The van der Waals surface area contributed by atoms with Crippen LogP contribution < -0.4 is 10.1 Å². The number of ether oxygens (including phenoxy) is 1. The van der Waals surface area contributed by atoms with Gasteiger partial charge in [-0.15, -0.1) is 0 Å². The van der Waals surface area contributed by atoms with E-state index in [9.17, 15) is 0 Å². The van der Waals surface area contributed by atoms with Gasteiger partial charge in [-0.3, -0.25) is 0 Å². The number of methoxy groups -OCH3 is 1. The molecule has 1 heterocycles. The quantitative estimate of drug-likeness (QED) is 0.909. The molecule has 0 bridgehead atoms. The molecule has 1 aromatic heterocycles. The maximum atomic E-state index is 5.44. The van der Waals surface area contributed by atoms with E-state index in [2.05, 4.69) is 34.2 Å². The van der Waals surface area contributed by atoms with Gasteiger partial charge in [0.15, 0.2) is 4.67 Å². The average Bonchev–Trinajstić information content (AvgIpc) is 2.82. The Morgan fingerprint density at radius 2 is 2.17 bits per heavy atom. The Morgan fingerprint density at radius 1 is 1.33 bits per heavy atom. The number of halogens is 1. The van der Waals surface area contributed by atoms with Crippen LogP contribution >= 0.6 is 15.9 Å². The van der Waals surface area contributed by atoms with Crippen LogP contribution in [0.15, 0.2) is 45.5 Å². The van der Waals surface area contributed by atoms with Gasteiger partial charge in [-0.1, -0.05) is 12.1 Å². The topological polar surface area (TPSA) is 34.4 Å². The minimum atomic E-state index is 0.240. The SMILES string of the molecule is COc1cccc([C@@H](C)NCc2ccc(Br)o2)c1. The number of hydrogen-bond donors (Lipinski definition) is 1. The molecule has 96 valence electrons. The Hall–Kier alpha value is -1.26. The fourth-order valence-corrected chi connectivity index (χ4v) is 2.07. The third-order valence-electron chi connectivity index (χ3n) is 2.81. The summed E-state index contributed by atoms with van der Waals surface area (Å²) in [7, 11) is 1.68. The van der Waals surface area contributed by atoms with Crippen LogP contribution in [-0.4, -0.2) is 7.11 Å². The zero-order valence-corrected chi connectivity index (χ0v) is 12.0. The highest BCUT2D eigenvalue weighted by molar-refractivity contribution is 9.10. The molecular weight excluding hydrogens is 294 g/mol. The summed E-state index contributed by atoms with van der Waals surface area (Å²) in [5.41, 5.74) is 1.19. The summed E-state index contributed by atoms with van der Waals surface area (Å²) < 4.78 is 11.4. The molecule has 0 aliphatic carbocycles. The molecule has 2 rings (SSSR count). The lowest BCUT2D eigenvalue weighted by molar-refractivity contribution is 0.412. The summed E-state index contributed by atoms with van der Waals surface area (Å²) in [5.74, 6) is 1.79. The number of hydrogen-bond acceptors (Lipinski definition) is 3. The van der Waals surface area contributed by atoms with E-state index in [1.165, 1.54) is 5.56 Å². The van der Waals surface area contributed by atoms with E-state index in [1.54, 1.807) is 7.11 Å². The van der Waals surface area contributed by atoms with Gasteiger partial charge >= 0.3 is 0 Å². The maximum absolute atomic E-state index is 5.44. The van der Waals surface area contributed by atoms with Gasteiger partial charge in [0.1, 0.15) is 11.5 Å². The molecule has 1 atom stereocenters. The standard InChI is InChI=1S/C14H16BrNO2/c1-10(11-4-3-5-12(8-11)17-2)16-9-13-6-7-14(15)18-13/h3-8,10,16H,9H2,1-2H3/t10-/m1/s1. The Bertz CT molecular complexity index is 510. The second kappa shape index (κ2) is 6.07. The average molecular weight is 310 g/mol. The molecule has 0 saturated carbocycles. The lowest BCUT2D eigenvalue weighted by Gasteiger charge is -2.14. The molecule has 18 heavy (non-hydrogen) atoms. The summed E-state index contributed by atoms with van der Waals surface area (Å²) in [6.07, 6.45) is 0. The molecule has 0 amide bonds. The van der Waals surface area contributed by atoms with Crippen LogP contribution in [0.3, 0.4) is 0 Å². The third kappa shape index (κ3) is 3.37. The van der Waals surface area contributed by atoms with Crippen molar-refractivity contribution in [3.8, 4) is 5.75 Å². The molecule has 3 nitrogen and oxygen atoms in total. The fourth-order valence-electron chi connectivity index (χ4n) is 1.73. The minimum absolute atomic E-state index is 0.240. The Kier molecular flexibility index (Phi) is 4.44. The third-order valence-corrected chi connectivity index (χ3v) is 3.23. The maximum Gasteiger partial charge on any atom is 0.169 e. The van der Waals surface area contributed by atoms with Crippen molar-refractivity contribution in [2.45, 2.75) is 19.5 Å². The molecule has 0 spiro atoms. The van der Waals surface area contributed by atoms with Gasteiger partial charge in [-0.05, 0) is 52.7 Å². The van der Waals surface area contributed by atoms with Gasteiger partial charge in [0.05, 0.1) is 13.7 Å². The molecular formula is C14H16BrNO2. The molecule has 4 heteroatoms. The van der Waals surface area contributed by atoms with Crippen LogP contribution in [0.25, 0.3) is 0 Å². The van der Waals surface area contributed by atoms with E-state index < -0.39 is 0 Å². The van der Waals surface area contributed by atoms with E-state index >= 15 is 0 Å². The van der Waals surface area contributed by atoms with Gasteiger partial charge in [0.25, 0.3) is 0 Å². The fraction of sp³-hybridized carbons (Fsp3) is 0.286. The van der Waals surface area contributed by atoms with Gasteiger partial charge in [0.2, 0.25) is 0 Å². The summed E-state index contributed by atoms with van der Waals surface area (Å²) >= 11 is 3.29. The van der Waals surface area contributed by atoms with Crippen LogP contribution in [0.1, 0.15) is 24.3 Å². The Labute approximate surface area is 115 Å². The first-order valence-corrected chi connectivity index (χ1v) is 6.60. The van der Waals surface area contributed by atoms with Crippen molar-refractivity contribution in [1.29, 1.82) is 0 Å². The zero-order chi connectivity index (χ0) is 13.0. The van der Waals surface area contributed by atoms with Crippen LogP contribution in [0.2, 0.25) is 0 Å². The van der Waals surface area contributed by atoms with Crippen molar-refractivity contribution in [3.05, 3.63) is 52.4 Å². The molecule has 1 aromatic carbocycles. The normalized spacial score (nSPS) is 12.4. The Morgan fingerprint density at radius 3 is 2.83 bits per heavy atom. The van der Waals surface area contributed by atoms with Crippen molar-refractivity contribution in [3.63, 3.8) is 0 Å². The summed E-state index contributed by atoms with van der Waals surface area (Å²) in [4.78, 5) is 0. The van der Waals surface area contributed by atoms with E-state index in [0.29, 0.717) is 6.54 Å². The molecule has 0 aliphatic heterocycles. The van der Waals surface area contributed by atoms with Crippen molar-refractivity contribution in [1.82, 2.24) is 5.32 Å². The van der Waals surface area contributed by atoms with Crippen molar-refractivity contribution in [2.75, 3.05) is 7.11 Å². The van der Waals surface area contributed by atoms with Crippen LogP contribution in [-0.2, 0) is 6.54 Å². The van der Waals surface area contributed by atoms with Crippen LogP contribution in [0.5, 0.6) is 5.75 Å². The predicted octanol–water partition coefficient (Wildman–Crippen LogP) is 3.90. The van der Waals surface area contributed by atoms with E-state index in [0.717, 1.165) is 16.2 Å². The lowest BCUT2D eigenvalue weighted by atomic mass is 10.1. The molecule has 0 unspecified atom stereocenters. The van der Waals surface area contributed by atoms with E-state index in [4.69, 9.17) is 9.15 Å². The highest BCUT2D eigenvalue weighted by Crippen LogP contribution is 2.20. The first-order valence-electron chi connectivity index (χ1n) is 5.80. The number of benzene rings is 1. The molecule has 0 saturated heterocycles. The summed E-state index contributed by atoms with van der Waals surface area (Å²) in [6.45, 7) is 2.82. The van der Waals surface area contributed by atoms with E-state index in [1.807, 2.05) is 30.3 Å². The smallest absolute Gasteiger partial charge is 0.169 e. The van der Waals surface area contributed by atoms with Crippen molar-refractivity contribution < 1.29 is 9.15 Å². The molecule has 2 aromatic rings. The second-order valence-corrected chi connectivity index (χ2v) is 4.87. The monoisotopic (exact) mass is 309 g/mol. The lowest BCUT2D eigenvalue weighted by Crippen LogP contribution is -2.17. The summed E-state index contributed by atoms with van der Waals surface area (Å²) in [6, 6.07) is 12.1. The zero-order valence-electron chi connectivity index (χ0n) is 10.4. The highest BCUT2D eigenvalue weighted by Gasteiger charge is 2.07. The summed E-state index contributed by atoms with van der Waals surface area (Å²) in [5, 5.41) is 3.41. The first kappa shape index (κ1) is 13.2. The van der Waals surface area contributed by atoms with Gasteiger partial charge in [-0.2, -0.15) is 0 Å². The van der Waals surface area contributed by atoms with E-state index in [-0.39, 0.29) is 6.04 Å². The first-order chi connectivity index (χ1) is 8.69. The molecule has 0 aliphatic rings.